The number of rotatable bonds is 3. The Morgan fingerprint density at radius 1 is 1.06 bits per heavy atom. The molecule has 88 valence electrons. The molecule has 0 aliphatic carbocycles. The van der Waals surface area contributed by atoms with Gasteiger partial charge in [-0.25, -0.2) is 0 Å². The molecule has 1 N–H and O–H groups in total. The molecule has 0 bridgehead atoms. The number of aryl methyl sites for hydroxylation is 1. The van der Waals surface area contributed by atoms with Crippen molar-refractivity contribution in [3.63, 3.8) is 0 Å². The lowest BCUT2D eigenvalue weighted by atomic mass is 10.2. The van der Waals surface area contributed by atoms with Crippen LogP contribution in [0.1, 0.15) is 11.1 Å². The summed E-state index contributed by atoms with van der Waals surface area (Å²) in [7, 11) is 0. The van der Waals surface area contributed by atoms with Gasteiger partial charge in [0.05, 0.1) is 0 Å². The molecule has 0 amide bonds. The maximum Gasteiger partial charge on any atom is 0.0411 e. The molecule has 0 unspecified atom stereocenters. The van der Waals surface area contributed by atoms with Gasteiger partial charge in [0.25, 0.3) is 0 Å². The summed E-state index contributed by atoms with van der Waals surface area (Å²) >= 11 is 7.05. The van der Waals surface area contributed by atoms with Crippen LogP contribution in [0.5, 0.6) is 0 Å². The average Bonchev–Trinajstić information content (AvgIpc) is 2.27. The second kappa shape index (κ2) is 5.69. The van der Waals surface area contributed by atoms with Crippen LogP contribution in [0, 0.1) is 6.92 Å². The van der Waals surface area contributed by atoms with Gasteiger partial charge in [0, 0.05) is 21.2 Å². The molecule has 0 spiro atoms. The molecule has 0 aromatic heterocycles. The number of halogens is 2. The van der Waals surface area contributed by atoms with Crippen LogP contribution < -0.4 is 5.32 Å². The Balaban J connectivity index is 2.10. The molecule has 17 heavy (non-hydrogen) atoms. The molecule has 0 aliphatic rings. The minimum atomic E-state index is 0.817. The molecule has 1 nitrogen and oxygen atoms in total. The summed E-state index contributed by atoms with van der Waals surface area (Å²) in [5, 5.41) is 3.42. The van der Waals surface area contributed by atoms with Crippen molar-refractivity contribution in [3.8, 4) is 0 Å². The molecule has 0 saturated heterocycles. The standard InChI is InChI=1S/C14H13Br2N/c1-10-6-12(15)8-13(7-10)17-9-11-4-2-3-5-14(11)16/h2-8,17H,9H2,1H3. The van der Waals surface area contributed by atoms with E-state index in [0.717, 1.165) is 21.2 Å². The number of hydrogen-bond acceptors (Lipinski definition) is 1. The molecule has 0 fully saturated rings. The number of hydrogen-bond donors (Lipinski definition) is 1. The second-order valence-electron chi connectivity index (χ2n) is 3.96. The van der Waals surface area contributed by atoms with Crippen molar-refractivity contribution < 1.29 is 0 Å². The van der Waals surface area contributed by atoms with E-state index in [1.807, 2.05) is 12.1 Å². The van der Waals surface area contributed by atoms with Gasteiger partial charge in [-0.15, -0.1) is 0 Å². The van der Waals surface area contributed by atoms with Crippen molar-refractivity contribution in [2.45, 2.75) is 13.5 Å². The van der Waals surface area contributed by atoms with Gasteiger partial charge in [-0.1, -0.05) is 50.1 Å². The topological polar surface area (TPSA) is 12.0 Å². The maximum absolute atomic E-state index is 3.55. The average molecular weight is 355 g/mol. The summed E-state index contributed by atoms with van der Waals surface area (Å²) in [4.78, 5) is 0. The normalized spacial score (nSPS) is 10.3. The van der Waals surface area contributed by atoms with E-state index in [9.17, 15) is 0 Å². The highest BCUT2D eigenvalue weighted by atomic mass is 79.9. The molecule has 0 heterocycles. The van der Waals surface area contributed by atoms with Crippen LogP contribution in [0.2, 0.25) is 0 Å². The Hall–Kier alpha value is -0.800. The second-order valence-corrected chi connectivity index (χ2v) is 5.73. The SMILES string of the molecule is Cc1cc(Br)cc(NCc2ccccc2Br)c1. The highest BCUT2D eigenvalue weighted by Gasteiger charge is 1.99. The van der Waals surface area contributed by atoms with Crippen molar-refractivity contribution in [2.24, 2.45) is 0 Å². The largest absolute Gasteiger partial charge is 0.381 e. The zero-order valence-corrected chi connectivity index (χ0v) is 12.7. The first-order valence-electron chi connectivity index (χ1n) is 5.39. The van der Waals surface area contributed by atoms with E-state index in [1.165, 1.54) is 11.1 Å². The quantitative estimate of drug-likeness (QED) is 0.805. The van der Waals surface area contributed by atoms with Gasteiger partial charge in [0.15, 0.2) is 0 Å². The van der Waals surface area contributed by atoms with Crippen molar-refractivity contribution in [3.05, 3.63) is 62.5 Å². The Morgan fingerprint density at radius 3 is 2.53 bits per heavy atom. The lowest BCUT2D eigenvalue weighted by molar-refractivity contribution is 1.13. The molecule has 0 aliphatic heterocycles. The van der Waals surface area contributed by atoms with Crippen molar-refractivity contribution in [2.75, 3.05) is 5.32 Å². The summed E-state index contributed by atoms with van der Waals surface area (Å²) < 4.78 is 2.24. The Bertz CT molecular complexity index is 503. The van der Waals surface area contributed by atoms with E-state index in [-0.39, 0.29) is 0 Å². The van der Waals surface area contributed by atoms with Crippen molar-refractivity contribution in [1.29, 1.82) is 0 Å². The van der Waals surface area contributed by atoms with Gasteiger partial charge in [-0.3, -0.25) is 0 Å². The molecule has 2 aromatic carbocycles. The summed E-state index contributed by atoms with van der Waals surface area (Å²) in [5.41, 5.74) is 3.63. The zero-order chi connectivity index (χ0) is 12.3. The molecule has 3 heteroatoms. The molecular weight excluding hydrogens is 342 g/mol. The lowest BCUT2D eigenvalue weighted by Gasteiger charge is -2.09. The van der Waals surface area contributed by atoms with Crippen molar-refractivity contribution >= 4 is 37.5 Å². The zero-order valence-electron chi connectivity index (χ0n) is 9.50. The monoisotopic (exact) mass is 353 g/mol. The van der Waals surface area contributed by atoms with Gasteiger partial charge in [0.1, 0.15) is 0 Å². The van der Waals surface area contributed by atoms with Crippen LogP contribution in [0.4, 0.5) is 5.69 Å². The third-order valence-electron chi connectivity index (χ3n) is 2.48. The van der Waals surface area contributed by atoms with Gasteiger partial charge in [-0.2, -0.15) is 0 Å². The minimum Gasteiger partial charge on any atom is -0.381 e. The third-order valence-corrected chi connectivity index (χ3v) is 3.71. The summed E-state index contributed by atoms with van der Waals surface area (Å²) in [5.74, 6) is 0. The van der Waals surface area contributed by atoms with Crippen LogP contribution in [-0.4, -0.2) is 0 Å². The van der Waals surface area contributed by atoms with Crippen LogP contribution in [0.3, 0.4) is 0 Å². The highest BCUT2D eigenvalue weighted by Crippen LogP contribution is 2.21. The van der Waals surface area contributed by atoms with E-state index in [0.29, 0.717) is 0 Å². The maximum atomic E-state index is 3.55. The highest BCUT2D eigenvalue weighted by molar-refractivity contribution is 9.10. The van der Waals surface area contributed by atoms with Crippen LogP contribution in [0.25, 0.3) is 0 Å². The molecule has 2 aromatic rings. The first-order chi connectivity index (χ1) is 8.15. The fourth-order valence-corrected chi connectivity index (χ4v) is 2.71. The first kappa shape index (κ1) is 12.7. The third kappa shape index (κ3) is 3.58. The van der Waals surface area contributed by atoms with E-state index in [2.05, 4.69) is 74.4 Å². The fourth-order valence-electron chi connectivity index (χ4n) is 1.68. The van der Waals surface area contributed by atoms with Crippen LogP contribution in [0.15, 0.2) is 51.4 Å². The summed E-state index contributed by atoms with van der Waals surface area (Å²) in [6.07, 6.45) is 0. The van der Waals surface area contributed by atoms with Crippen LogP contribution in [-0.2, 0) is 6.54 Å². The van der Waals surface area contributed by atoms with Gasteiger partial charge >= 0.3 is 0 Å². The van der Waals surface area contributed by atoms with Gasteiger partial charge in [0.2, 0.25) is 0 Å². The van der Waals surface area contributed by atoms with Gasteiger partial charge in [-0.05, 0) is 42.3 Å². The van der Waals surface area contributed by atoms with E-state index in [4.69, 9.17) is 0 Å². The molecule has 0 atom stereocenters. The number of nitrogens with one attached hydrogen (secondary N) is 1. The Kier molecular flexibility index (Phi) is 4.24. The minimum absolute atomic E-state index is 0.817. The van der Waals surface area contributed by atoms with Crippen molar-refractivity contribution in [1.82, 2.24) is 0 Å². The predicted octanol–water partition coefficient (Wildman–Crippen LogP) is 5.13. The predicted molar refractivity (Wildman–Crippen MR) is 80.3 cm³/mol. The Morgan fingerprint density at radius 2 is 1.82 bits per heavy atom. The molecule has 2 rings (SSSR count). The molecule has 0 saturated carbocycles. The summed E-state index contributed by atoms with van der Waals surface area (Å²) in [6.45, 7) is 2.91. The van der Waals surface area contributed by atoms with E-state index in [1.54, 1.807) is 0 Å². The molecule has 0 radical (unpaired) electrons. The van der Waals surface area contributed by atoms with E-state index < -0.39 is 0 Å². The van der Waals surface area contributed by atoms with Gasteiger partial charge < -0.3 is 5.32 Å². The van der Waals surface area contributed by atoms with E-state index >= 15 is 0 Å². The number of anilines is 1. The fraction of sp³-hybridized carbons (Fsp3) is 0.143. The van der Waals surface area contributed by atoms with Crippen LogP contribution >= 0.6 is 31.9 Å². The number of benzene rings is 2. The summed E-state index contributed by atoms with van der Waals surface area (Å²) in [6, 6.07) is 14.6. The molecular formula is C14H13Br2N. The smallest absolute Gasteiger partial charge is 0.0411 e. The Labute approximate surface area is 119 Å². The lowest BCUT2D eigenvalue weighted by Crippen LogP contribution is -2.00. The first-order valence-corrected chi connectivity index (χ1v) is 6.98.